The quantitative estimate of drug-likeness (QED) is 0.642. The van der Waals surface area contributed by atoms with Gasteiger partial charge in [-0.15, -0.1) is 0 Å². The van der Waals surface area contributed by atoms with E-state index in [1.807, 2.05) is 0 Å². The Hall–Kier alpha value is -0.460. The molecule has 1 aliphatic carbocycles. The first-order chi connectivity index (χ1) is 5.90. The van der Waals surface area contributed by atoms with Gasteiger partial charge in [0.05, 0.1) is 0 Å². The molecule has 1 rings (SSSR count). The Morgan fingerprint density at radius 1 is 1.38 bits per heavy atom. The predicted molar refractivity (Wildman–Crippen MR) is 58.6 cm³/mol. The summed E-state index contributed by atoms with van der Waals surface area (Å²) in [6, 6.07) is 0.812. The van der Waals surface area contributed by atoms with E-state index in [1.54, 1.807) is 0 Å². The Balaban J connectivity index is 2.24. The van der Waals surface area contributed by atoms with Crippen LogP contribution in [-0.2, 0) is 0 Å². The van der Waals surface area contributed by atoms with Crippen LogP contribution in [-0.4, -0.2) is 18.0 Å². The Bertz CT molecular complexity index is 184. The molecule has 0 radical (unpaired) electrons. The molecule has 13 heavy (non-hydrogen) atoms. The maximum Gasteiger partial charge on any atom is 0.0285 e. The molecule has 1 saturated carbocycles. The van der Waals surface area contributed by atoms with Crippen LogP contribution in [0, 0.1) is 5.41 Å². The van der Waals surface area contributed by atoms with Crippen molar-refractivity contribution in [3.05, 3.63) is 12.3 Å². The van der Waals surface area contributed by atoms with Gasteiger partial charge in [-0.3, -0.25) is 0 Å². The van der Waals surface area contributed by atoms with Gasteiger partial charge in [0.1, 0.15) is 0 Å². The smallest absolute Gasteiger partial charge is 0.0285 e. The van der Waals surface area contributed by atoms with E-state index in [0.717, 1.165) is 12.5 Å². The summed E-state index contributed by atoms with van der Waals surface area (Å²) < 4.78 is 0. The first-order valence-electron chi connectivity index (χ1n) is 5.31. The first kappa shape index (κ1) is 10.6. The molecule has 0 unspecified atom stereocenters. The van der Waals surface area contributed by atoms with Gasteiger partial charge in [-0.1, -0.05) is 27.4 Å². The topological polar surface area (TPSA) is 3.24 Å². The van der Waals surface area contributed by atoms with Crippen molar-refractivity contribution >= 4 is 0 Å². The Labute approximate surface area is 82.8 Å². The van der Waals surface area contributed by atoms with Crippen LogP contribution in [0.15, 0.2) is 12.3 Å². The highest BCUT2D eigenvalue weighted by molar-refractivity contribution is 5.00. The minimum Gasteiger partial charge on any atom is -0.375 e. The average molecular weight is 181 g/mol. The molecule has 0 aliphatic heterocycles. The molecule has 0 aromatic rings. The summed E-state index contributed by atoms with van der Waals surface area (Å²) in [4.78, 5) is 2.37. The highest BCUT2D eigenvalue weighted by atomic mass is 15.2. The molecule has 1 heteroatoms. The third-order valence-corrected chi connectivity index (χ3v) is 2.76. The van der Waals surface area contributed by atoms with E-state index in [1.165, 1.54) is 25.0 Å². The van der Waals surface area contributed by atoms with Crippen molar-refractivity contribution in [3.63, 3.8) is 0 Å². The summed E-state index contributed by atoms with van der Waals surface area (Å²) >= 11 is 0. The third-order valence-electron chi connectivity index (χ3n) is 2.76. The predicted octanol–water partition coefficient (Wildman–Crippen LogP) is 3.42. The van der Waals surface area contributed by atoms with Crippen LogP contribution in [0.2, 0.25) is 0 Å². The second kappa shape index (κ2) is 3.73. The van der Waals surface area contributed by atoms with Crippen LogP contribution in [0.4, 0.5) is 0 Å². The lowest BCUT2D eigenvalue weighted by atomic mass is 9.90. The van der Waals surface area contributed by atoms with E-state index in [2.05, 4.69) is 39.3 Å². The number of hydrogen-bond acceptors (Lipinski definition) is 1. The second-order valence-electron chi connectivity index (χ2n) is 5.47. The van der Waals surface area contributed by atoms with E-state index in [-0.39, 0.29) is 0 Å². The van der Waals surface area contributed by atoms with Gasteiger partial charge in [-0.05, 0) is 31.1 Å². The summed E-state index contributed by atoms with van der Waals surface area (Å²) in [5.74, 6) is 0. The van der Waals surface area contributed by atoms with Gasteiger partial charge >= 0.3 is 0 Å². The molecule has 0 aromatic carbocycles. The highest BCUT2D eigenvalue weighted by Crippen LogP contribution is 2.31. The molecule has 0 amide bonds. The number of allylic oxidation sites excluding steroid dienone is 1. The molecule has 1 nitrogen and oxygen atoms in total. The minimum absolute atomic E-state index is 0.438. The lowest BCUT2D eigenvalue weighted by molar-refractivity contribution is 0.334. The van der Waals surface area contributed by atoms with Crippen molar-refractivity contribution in [2.75, 3.05) is 7.05 Å². The molecule has 0 heterocycles. The van der Waals surface area contributed by atoms with Crippen molar-refractivity contribution < 1.29 is 0 Å². The summed E-state index contributed by atoms with van der Waals surface area (Å²) in [6.45, 7) is 11.0. The fraction of sp³-hybridized carbons (Fsp3) is 0.833. The van der Waals surface area contributed by atoms with Crippen LogP contribution >= 0.6 is 0 Å². The van der Waals surface area contributed by atoms with Crippen molar-refractivity contribution in [1.29, 1.82) is 0 Å². The zero-order valence-corrected chi connectivity index (χ0v) is 9.56. The Morgan fingerprint density at radius 2 is 1.92 bits per heavy atom. The first-order valence-corrected chi connectivity index (χ1v) is 5.31. The second-order valence-corrected chi connectivity index (χ2v) is 5.47. The molecule has 0 bridgehead atoms. The lowest BCUT2D eigenvalue weighted by Gasteiger charge is -2.25. The summed E-state index contributed by atoms with van der Waals surface area (Å²) in [7, 11) is 2.18. The van der Waals surface area contributed by atoms with Gasteiger partial charge in [-0.25, -0.2) is 0 Å². The molecule has 0 aromatic heterocycles. The zero-order valence-electron chi connectivity index (χ0n) is 9.56. The largest absolute Gasteiger partial charge is 0.375 e. The summed E-state index contributed by atoms with van der Waals surface area (Å²) in [5.41, 5.74) is 1.75. The van der Waals surface area contributed by atoms with Crippen LogP contribution in [0.5, 0.6) is 0 Å². The molecule has 0 saturated heterocycles. The van der Waals surface area contributed by atoms with Crippen LogP contribution < -0.4 is 0 Å². The molecular formula is C12H23N. The van der Waals surface area contributed by atoms with Crippen LogP contribution in [0.3, 0.4) is 0 Å². The average Bonchev–Trinajstić information content (AvgIpc) is 2.79. The monoisotopic (exact) mass is 181 g/mol. The standard InChI is InChI=1S/C12H23N/c1-10(8-9-12(2,3)4)13(5)11-6-7-11/h11H,1,6-9H2,2-5H3. The van der Waals surface area contributed by atoms with Crippen molar-refractivity contribution in [3.8, 4) is 0 Å². The van der Waals surface area contributed by atoms with Crippen molar-refractivity contribution in [1.82, 2.24) is 4.90 Å². The van der Waals surface area contributed by atoms with Crippen molar-refractivity contribution in [2.24, 2.45) is 5.41 Å². The minimum atomic E-state index is 0.438. The molecule has 0 atom stereocenters. The van der Waals surface area contributed by atoms with Gasteiger partial charge in [-0.2, -0.15) is 0 Å². The number of hydrogen-bond donors (Lipinski definition) is 0. The molecule has 0 N–H and O–H groups in total. The van der Waals surface area contributed by atoms with Crippen LogP contribution in [0.25, 0.3) is 0 Å². The lowest BCUT2D eigenvalue weighted by Crippen LogP contribution is -2.20. The van der Waals surface area contributed by atoms with E-state index in [4.69, 9.17) is 0 Å². The van der Waals surface area contributed by atoms with E-state index in [9.17, 15) is 0 Å². The van der Waals surface area contributed by atoms with E-state index < -0.39 is 0 Å². The number of rotatable bonds is 4. The zero-order chi connectivity index (χ0) is 10.1. The van der Waals surface area contributed by atoms with Gasteiger partial charge in [0.2, 0.25) is 0 Å². The van der Waals surface area contributed by atoms with E-state index >= 15 is 0 Å². The van der Waals surface area contributed by atoms with E-state index in [0.29, 0.717) is 5.41 Å². The number of nitrogens with zero attached hydrogens (tertiary/aromatic N) is 1. The SMILES string of the molecule is C=C(CCC(C)(C)C)N(C)C1CC1. The summed E-state index contributed by atoms with van der Waals surface area (Å²) in [6.07, 6.45) is 5.12. The maximum atomic E-state index is 4.14. The Kier molecular flexibility index (Phi) is 3.05. The molecular weight excluding hydrogens is 158 g/mol. The maximum absolute atomic E-state index is 4.14. The fourth-order valence-electron chi connectivity index (χ4n) is 1.42. The highest BCUT2D eigenvalue weighted by Gasteiger charge is 2.27. The molecule has 76 valence electrons. The fourth-order valence-corrected chi connectivity index (χ4v) is 1.42. The molecule has 1 aliphatic rings. The van der Waals surface area contributed by atoms with Crippen molar-refractivity contribution in [2.45, 2.75) is 52.5 Å². The van der Waals surface area contributed by atoms with Gasteiger partial charge in [0, 0.05) is 18.8 Å². The van der Waals surface area contributed by atoms with Gasteiger partial charge in [0.15, 0.2) is 0 Å². The van der Waals surface area contributed by atoms with Gasteiger partial charge < -0.3 is 4.90 Å². The molecule has 1 fully saturated rings. The molecule has 0 spiro atoms. The normalized spacial score (nSPS) is 17.2. The summed E-state index contributed by atoms with van der Waals surface area (Å²) in [5, 5.41) is 0. The van der Waals surface area contributed by atoms with Gasteiger partial charge in [0.25, 0.3) is 0 Å². The third kappa shape index (κ3) is 3.84. The Morgan fingerprint density at radius 3 is 2.31 bits per heavy atom. The van der Waals surface area contributed by atoms with Crippen LogP contribution in [0.1, 0.15) is 46.5 Å².